The van der Waals surface area contributed by atoms with Crippen molar-refractivity contribution in [3.8, 4) is 0 Å². The van der Waals surface area contributed by atoms with E-state index < -0.39 is 0 Å². The number of halogens is 2. The molecule has 2 aliphatic rings. The van der Waals surface area contributed by atoms with Crippen LogP contribution in [0.4, 0.5) is 0 Å². The number of hydrogen-bond acceptors (Lipinski definition) is 4. The molecule has 4 atom stereocenters. The van der Waals surface area contributed by atoms with E-state index in [4.69, 9.17) is 32.7 Å². The van der Waals surface area contributed by atoms with Crippen LogP contribution in [0.1, 0.15) is 70.6 Å². The Labute approximate surface area is 160 Å². The van der Waals surface area contributed by atoms with Gasteiger partial charge in [-0.2, -0.15) is 0 Å². The summed E-state index contributed by atoms with van der Waals surface area (Å²) in [5, 5.41) is 0.226. The highest BCUT2D eigenvalue weighted by molar-refractivity contribution is 6.21. The van der Waals surface area contributed by atoms with Crippen molar-refractivity contribution in [2.45, 2.75) is 81.4 Å². The summed E-state index contributed by atoms with van der Waals surface area (Å²) in [7, 11) is 0. The molecule has 2 fully saturated rings. The average Bonchev–Trinajstić information content (AvgIpc) is 2.60. The van der Waals surface area contributed by atoms with E-state index in [1.807, 2.05) is 0 Å². The van der Waals surface area contributed by atoms with E-state index in [0.29, 0.717) is 19.6 Å². The minimum Gasteiger partial charge on any atom is -0.465 e. The first-order valence-corrected chi connectivity index (χ1v) is 10.5. The zero-order chi connectivity index (χ0) is 18.1. The maximum Gasteiger partial charge on any atom is 0.305 e. The summed E-state index contributed by atoms with van der Waals surface area (Å²) in [5.74, 6) is 0.0253. The Morgan fingerprint density at radius 2 is 1.12 bits per heavy atom. The summed E-state index contributed by atoms with van der Waals surface area (Å²) < 4.78 is 10.6. The maximum absolute atomic E-state index is 11.8. The third-order valence-electron chi connectivity index (χ3n) is 5.31. The van der Waals surface area contributed by atoms with Crippen molar-refractivity contribution in [3.63, 3.8) is 0 Å². The van der Waals surface area contributed by atoms with Gasteiger partial charge in [-0.25, -0.2) is 0 Å². The number of esters is 2. The van der Waals surface area contributed by atoms with Gasteiger partial charge < -0.3 is 9.47 Å². The number of ether oxygens (including phenoxy) is 2. The Bertz CT molecular complexity index is 392. The van der Waals surface area contributed by atoms with Gasteiger partial charge in [-0.3, -0.25) is 9.59 Å². The number of hydrogen-bond donors (Lipinski definition) is 0. The van der Waals surface area contributed by atoms with E-state index in [2.05, 4.69) is 0 Å². The lowest BCUT2D eigenvalue weighted by Crippen LogP contribution is -2.26. The minimum absolute atomic E-state index is 0.113. The van der Waals surface area contributed by atoms with Crippen LogP contribution in [0.2, 0.25) is 0 Å². The Morgan fingerprint density at radius 3 is 1.52 bits per heavy atom. The third-order valence-corrected chi connectivity index (χ3v) is 6.46. The van der Waals surface area contributed by atoms with Gasteiger partial charge in [0.05, 0.1) is 13.2 Å². The molecule has 0 radical (unpaired) electrons. The standard InChI is InChI=1S/C19H30Cl2O4/c20-16-8-3-1-6-14(16)12-24-18(22)10-5-11-19(23)25-13-15-7-2-4-9-17(15)21/h14-17H,1-13H2. The average molecular weight is 393 g/mol. The van der Waals surface area contributed by atoms with Gasteiger partial charge in [0, 0.05) is 35.4 Å². The number of carbonyl (C=O) groups is 2. The van der Waals surface area contributed by atoms with Gasteiger partial charge >= 0.3 is 11.9 Å². The highest BCUT2D eigenvalue weighted by Gasteiger charge is 2.25. The number of rotatable bonds is 8. The van der Waals surface area contributed by atoms with E-state index in [1.165, 1.54) is 0 Å². The summed E-state index contributed by atoms with van der Waals surface area (Å²) in [6.45, 7) is 0.798. The van der Waals surface area contributed by atoms with Crippen molar-refractivity contribution in [1.82, 2.24) is 0 Å². The van der Waals surface area contributed by atoms with Gasteiger partial charge in [-0.1, -0.05) is 25.7 Å². The first kappa shape index (κ1) is 20.8. The predicted octanol–water partition coefficient (Wildman–Crippen LogP) is 4.84. The zero-order valence-electron chi connectivity index (χ0n) is 14.9. The van der Waals surface area contributed by atoms with Crippen molar-refractivity contribution in [1.29, 1.82) is 0 Å². The molecule has 0 bridgehead atoms. The van der Waals surface area contributed by atoms with Crippen LogP contribution in [-0.2, 0) is 19.1 Å². The fourth-order valence-corrected chi connectivity index (χ4v) is 4.33. The number of carbonyl (C=O) groups excluding carboxylic acids is 2. The summed E-state index contributed by atoms with van der Waals surface area (Å²) >= 11 is 12.5. The van der Waals surface area contributed by atoms with E-state index >= 15 is 0 Å². The topological polar surface area (TPSA) is 52.6 Å². The lowest BCUT2D eigenvalue weighted by atomic mass is 9.89. The van der Waals surface area contributed by atoms with Gasteiger partial charge in [0.1, 0.15) is 0 Å². The molecule has 2 aliphatic carbocycles. The molecular formula is C19H30Cl2O4. The molecule has 0 aromatic rings. The van der Waals surface area contributed by atoms with E-state index in [1.54, 1.807) is 0 Å². The molecule has 144 valence electrons. The summed E-state index contributed by atoms with van der Waals surface area (Å²) in [5.41, 5.74) is 0. The fourth-order valence-electron chi connectivity index (χ4n) is 3.62. The molecule has 0 saturated heterocycles. The summed E-state index contributed by atoms with van der Waals surface area (Å²) in [6.07, 6.45) is 9.63. The third kappa shape index (κ3) is 7.74. The first-order valence-electron chi connectivity index (χ1n) is 9.65. The Kier molecular flexibility index (Phi) is 9.40. The van der Waals surface area contributed by atoms with Crippen LogP contribution in [0.25, 0.3) is 0 Å². The molecule has 2 rings (SSSR count). The molecular weight excluding hydrogens is 363 g/mol. The quantitative estimate of drug-likeness (QED) is 0.438. The monoisotopic (exact) mass is 392 g/mol. The lowest BCUT2D eigenvalue weighted by Gasteiger charge is -2.26. The highest BCUT2D eigenvalue weighted by Crippen LogP contribution is 2.29. The van der Waals surface area contributed by atoms with Crippen LogP contribution in [0.15, 0.2) is 0 Å². The van der Waals surface area contributed by atoms with Crippen LogP contribution >= 0.6 is 23.2 Å². The van der Waals surface area contributed by atoms with Crippen molar-refractivity contribution in [2.75, 3.05) is 13.2 Å². The normalized spacial score (nSPS) is 29.8. The molecule has 0 aromatic carbocycles. The van der Waals surface area contributed by atoms with Gasteiger partial charge in [-0.05, 0) is 32.1 Å². The molecule has 4 nitrogen and oxygen atoms in total. The van der Waals surface area contributed by atoms with Crippen LogP contribution in [0.5, 0.6) is 0 Å². The molecule has 0 N–H and O–H groups in total. The largest absolute Gasteiger partial charge is 0.465 e. The van der Waals surface area contributed by atoms with Crippen LogP contribution in [0.3, 0.4) is 0 Å². The van der Waals surface area contributed by atoms with Gasteiger partial charge in [0.25, 0.3) is 0 Å². The van der Waals surface area contributed by atoms with Crippen molar-refractivity contribution in [2.24, 2.45) is 11.8 Å². The van der Waals surface area contributed by atoms with Crippen LogP contribution in [-0.4, -0.2) is 35.9 Å². The van der Waals surface area contributed by atoms with Crippen molar-refractivity contribution < 1.29 is 19.1 Å². The highest BCUT2D eigenvalue weighted by atomic mass is 35.5. The molecule has 0 heterocycles. The molecule has 2 saturated carbocycles. The van der Waals surface area contributed by atoms with Crippen molar-refractivity contribution >= 4 is 35.1 Å². The van der Waals surface area contributed by atoms with Gasteiger partial charge in [-0.15, -0.1) is 23.2 Å². The molecule has 0 amide bonds. The lowest BCUT2D eigenvalue weighted by molar-refractivity contribution is -0.147. The van der Waals surface area contributed by atoms with Crippen LogP contribution in [0, 0.1) is 11.8 Å². The second-order valence-electron chi connectivity index (χ2n) is 7.34. The Hall–Kier alpha value is -0.480. The Morgan fingerprint density at radius 1 is 0.720 bits per heavy atom. The first-order chi connectivity index (χ1) is 12.1. The predicted molar refractivity (Wildman–Crippen MR) is 99.0 cm³/mol. The molecule has 25 heavy (non-hydrogen) atoms. The van der Waals surface area contributed by atoms with Crippen molar-refractivity contribution in [3.05, 3.63) is 0 Å². The molecule has 4 unspecified atom stereocenters. The summed E-state index contributed by atoms with van der Waals surface area (Å²) in [6, 6.07) is 0. The maximum atomic E-state index is 11.8. The molecule has 0 spiro atoms. The summed E-state index contributed by atoms with van der Waals surface area (Å²) in [4.78, 5) is 23.6. The molecule has 6 heteroatoms. The Balaban J connectivity index is 1.52. The molecule has 0 aromatic heterocycles. The minimum atomic E-state index is -0.254. The number of alkyl halides is 2. The smallest absolute Gasteiger partial charge is 0.305 e. The molecule has 0 aliphatic heterocycles. The SMILES string of the molecule is O=C(CCCC(=O)OCC1CCCCC1Cl)OCC1CCCCC1Cl. The second-order valence-corrected chi connectivity index (χ2v) is 8.46. The zero-order valence-corrected chi connectivity index (χ0v) is 16.4. The van der Waals surface area contributed by atoms with E-state index in [0.717, 1.165) is 51.4 Å². The van der Waals surface area contributed by atoms with E-state index in [9.17, 15) is 9.59 Å². The second kappa shape index (κ2) is 11.3. The fraction of sp³-hybridized carbons (Fsp3) is 0.895. The van der Waals surface area contributed by atoms with E-state index in [-0.39, 0.29) is 47.4 Å². The van der Waals surface area contributed by atoms with Gasteiger partial charge in [0.15, 0.2) is 0 Å². The van der Waals surface area contributed by atoms with Gasteiger partial charge in [0.2, 0.25) is 0 Å². The van der Waals surface area contributed by atoms with Crippen LogP contribution < -0.4 is 0 Å².